The molecule has 2 rings (SSSR count). The van der Waals surface area contributed by atoms with Gasteiger partial charge in [-0.25, -0.2) is 9.07 Å². The lowest BCUT2D eigenvalue weighted by atomic mass is 10.2. The van der Waals surface area contributed by atoms with E-state index in [-0.39, 0.29) is 17.9 Å². The Morgan fingerprint density at radius 3 is 2.89 bits per heavy atom. The van der Waals surface area contributed by atoms with E-state index in [4.69, 9.17) is 0 Å². The van der Waals surface area contributed by atoms with Gasteiger partial charge < -0.3 is 5.32 Å². The first kappa shape index (κ1) is 12.8. The lowest BCUT2D eigenvalue weighted by molar-refractivity contribution is 0.609. The SMILES string of the molecule is CNc1cnn(Cc2cc(F)ccc2Br)c(=O)c1. The van der Waals surface area contributed by atoms with Crippen molar-refractivity contribution in [2.75, 3.05) is 12.4 Å². The van der Waals surface area contributed by atoms with Crippen LogP contribution in [0.15, 0.2) is 39.7 Å². The van der Waals surface area contributed by atoms with E-state index in [0.29, 0.717) is 11.3 Å². The van der Waals surface area contributed by atoms with Gasteiger partial charge in [-0.15, -0.1) is 0 Å². The van der Waals surface area contributed by atoms with Gasteiger partial charge >= 0.3 is 0 Å². The van der Waals surface area contributed by atoms with Crippen LogP contribution in [-0.2, 0) is 6.54 Å². The van der Waals surface area contributed by atoms with Gasteiger partial charge in [-0.2, -0.15) is 5.10 Å². The molecule has 94 valence electrons. The maximum atomic E-state index is 13.1. The van der Waals surface area contributed by atoms with Crippen LogP contribution < -0.4 is 10.9 Å². The number of rotatable bonds is 3. The Morgan fingerprint density at radius 2 is 2.22 bits per heavy atom. The molecule has 0 spiro atoms. The summed E-state index contributed by atoms with van der Waals surface area (Å²) in [5.41, 5.74) is 1.08. The van der Waals surface area contributed by atoms with E-state index in [1.54, 1.807) is 19.3 Å². The molecular formula is C12H11BrFN3O. The van der Waals surface area contributed by atoms with Crippen LogP contribution in [0.5, 0.6) is 0 Å². The Kier molecular flexibility index (Phi) is 3.76. The standard InChI is InChI=1S/C12H11BrFN3O/c1-15-10-5-12(18)17(16-6-10)7-8-4-9(14)2-3-11(8)13/h2-6,15H,7H2,1H3. The molecule has 0 aliphatic rings. The molecule has 0 aliphatic heterocycles. The van der Waals surface area contributed by atoms with Crippen LogP contribution in [0.25, 0.3) is 0 Å². The summed E-state index contributed by atoms with van der Waals surface area (Å²) in [6.07, 6.45) is 1.55. The van der Waals surface area contributed by atoms with Crippen LogP contribution in [-0.4, -0.2) is 16.8 Å². The minimum Gasteiger partial charge on any atom is -0.387 e. The van der Waals surface area contributed by atoms with Crippen molar-refractivity contribution in [1.29, 1.82) is 0 Å². The third kappa shape index (κ3) is 2.76. The van der Waals surface area contributed by atoms with Gasteiger partial charge in [0.05, 0.1) is 18.4 Å². The van der Waals surface area contributed by atoms with Gasteiger partial charge in [0.25, 0.3) is 5.56 Å². The highest BCUT2D eigenvalue weighted by atomic mass is 79.9. The smallest absolute Gasteiger partial charge is 0.269 e. The molecule has 1 aromatic carbocycles. The molecule has 0 aliphatic carbocycles. The lowest BCUT2D eigenvalue weighted by Crippen LogP contribution is -2.23. The van der Waals surface area contributed by atoms with Crippen molar-refractivity contribution in [2.24, 2.45) is 0 Å². The summed E-state index contributed by atoms with van der Waals surface area (Å²) >= 11 is 3.32. The number of hydrogen-bond acceptors (Lipinski definition) is 3. The van der Waals surface area contributed by atoms with Crippen LogP contribution in [0.3, 0.4) is 0 Å². The van der Waals surface area contributed by atoms with E-state index in [1.165, 1.54) is 22.9 Å². The van der Waals surface area contributed by atoms with E-state index in [1.807, 2.05) is 0 Å². The van der Waals surface area contributed by atoms with Crippen molar-refractivity contribution in [3.8, 4) is 0 Å². The van der Waals surface area contributed by atoms with Crippen molar-refractivity contribution in [1.82, 2.24) is 9.78 Å². The van der Waals surface area contributed by atoms with Gasteiger partial charge in [0.1, 0.15) is 5.82 Å². The normalized spacial score (nSPS) is 10.4. The second-order valence-electron chi connectivity index (χ2n) is 3.73. The van der Waals surface area contributed by atoms with Gasteiger partial charge in [-0.1, -0.05) is 15.9 Å². The zero-order chi connectivity index (χ0) is 13.1. The molecule has 0 radical (unpaired) electrons. The van der Waals surface area contributed by atoms with Gasteiger partial charge in [-0.3, -0.25) is 4.79 Å². The molecule has 0 saturated carbocycles. The Hall–Kier alpha value is -1.69. The summed E-state index contributed by atoms with van der Waals surface area (Å²) in [7, 11) is 1.71. The first-order valence-electron chi connectivity index (χ1n) is 5.29. The highest BCUT2D eigenvalue weighted by molar-refractivity contribution is 9.10. The molecule has 18 heavy (non-hydrogen) atoms. The Bertz CT molecular complexity index is 627. The maximum Gasteiger partial charge on any atom is 0.269 e. The van der Waals surface area contributed by atoms with Gasteiger partial charge in [0, 0.05) is 17.6 Å². The number of benzene rings is 1. The molecule has 0 atom stereocenters. The number of nitrogens with one attached hydrogen (secondary N) is 1. The molecule has 0 unspecified atom stereocenters. The van der Waals surface area contributed by atoms with Gasteiger partial charge in [-0.05, 0) is 23.8 Å². The number of halogens is 2. The Morgan fingerprint density at radius 1 is 1.44 bits per heavy atom. The van der Waals surface area contributed by atoms with Crippen molar-refractivity contribution >= 4 is 21.6 Å². The van der Waals surface area contributed by atoms with E-state index < -0.39 is 0 Å². The predicted octanol–water partition coefficient (Wildman–Crippen LogP) is 2.23. The first-order valence-corrected chi connectivity index (χ1v) is 6.08. The quantitative estimate of drug-likeness (QED) is 0.945. The van der Waals surface area contributed by atoms with Crippen LogP contribution in [0.4, 0.5) is 10.1 Å². The molecule has 1 N–H and O–H groups in total. The fraction of sp³-hybridized carbons (Fsp3) is 0.167. The molecule has 2 aromatic rings. The average molecular weight is 312 g/mol. The predicted molar refractivity (Wildman–Crippen MR) is 71.2 cm³/mol. The number of aromatic nitrogens is 2. The summed E-state index contributed by atoms with van der Waals surface area (Å²) < 4.78 is 15.2. The van der Waals surface area contributed by atoms with Crippen LogP contribution >= 0.6 is 15.9 Å². The van der Waals surface area contributed by atoms with Crippen molar-refractivity contribution in [2.45, 2.75) is 6.54 Å². The summed E-state index contributed by atoms with van der Waals surface area (Å²) in [6, 6.07) is 5.79. The summed E-state index contributed by atoms with van der Waals surface area (Å²) in [5, 5.41) is 6.85. The molecule has 4 nitrogen and oxygen atoms in total. The molecule has 0 fully saturated rings. The zero-order valence-corrected chi connectivity index (χ0v) is 11.2. The fourth-order valence-corrected chi connectivity index (χ4v) is 1.89. The Labute approximate surface area is 112 Å². The van der Waals surface area contributed by atoms with Gasteiger partial charge in [0.2, 0.25) is 0 Å². The summed E-state index contributed by atoms with van der Waals surface area (Å²) in [5.74, 6) is -0.340. The Balaban J connectivity index is 2.34. The van der Waals surface area contributed by atoms with Crippen molar-refractivity contribution in [3.63, 3.8) is 0 Å². The molecule has 0 saturated heterocycles. The number of nitrogens with zero attached hydrogens (tertiary/aromatic N) is 2. The topological polar surface area (TPSA) is 46.9 Å². The number of anilines is 1. The lowest BCUT2D eigenvalue weighted by Gasteiger charge is -2.07. The minimum atomic E-state index is -0.340. The second-order valence-corrected chi connectivity index (χ2v) is 4.58. The second kappa shape index (κ2) is 5.30. The van der Waals surface area contributed by atoms with Crippen LogP contribution in [0.1, 0.15) is 5.56 Å². The van der Waals surface area contributed by atoms with Crippen LogP contribution in [0, 0.1) is 5.82 Å². The fourth-order valence-electron chi connectivity index (χ4n) is 1.51. The van der Waals surface area contributed by atoms with E-state index in [2.05, 4.69) is 26.3 Å². The third-order valence-corrected chi connectivity index (χ3v) is 3.26. The molecular weight excluding hydrogens is 301 g/mol. The monoisotopic (exact) mass is 311 g/mol. The zero-order valence-electron chi connectivity index (χ0n) is 9.65. The van der Waals surface area contributed by atoms with Gasteiger partial charge in [0.15, 0.2) is 0 Å². The third-order valence-electron chi connectivity index (χ3n) is 2.49. The van der Waals surface area contributed by atoms with E-state index in [9.17, 15) is 9.18 Å². The van der Waals surface area contributed by atoms with E-state index in [0.717, 1.165) is 4.47 Å². The highest BCUT2D eigenvalue weighted by Gasteiger charge is 2.05. The average Bonchev–Trinajstić information content (AvgIpc) is 2.36. The molecule has 0 amide bonds. The minimum absolute atomic E-state index is 0.223. The van der Waals surface area contributed by atoms with Crippen LogP contribution in [0.2, 0.25) is 0 Å². The summed E-state index contributed by atoms with van der Waals surface area (Å²) in [6.45, 7) is 0.223. The van der Waals surface area contributed by atoms with E-state index >= 15 is 0 Å². The molecule has 0 bridgehead atoms. The van der Waals surface area contributed by atoms with Crippen molar-refractivity contribution in [3.05, 3.63) is 56.7 Å². The number of hydrogen-bond donors (Lipinski definition) is 1. The summed E-state index contributed by atoms with van der Waals surface area (Å²) in [4.78, 5) is 11.8. The highest BCUT2D eigenvalue weighted by Crippen LogP contribution is 2.18. The largest absolute Gasteiger partial charge is 0.387 e. The molecule has 1 aromatic heterocycles. The molecule has 6 heteroatoms. The first-order chi connectivity index (χ1) is 8.60. The maximum absolute atomic E-state index is 13.1. The molecule has 1 heterocycles. The van der Waals surface area contributed by atoms with Crippen molar-refractivity contribution < 1.29 is 4.39 Å².